The predicted molar refractivity (Wildman–Crippen MR) is 77.6 cm³/mol. The number of ether oxygens (including phenoxy) is 1. The van der Waals surface area contributed by atoms with Crippen LogP contribution in [0.4, 0.5) is 4.39 Å². The highest BCUT2D eigenvalue weighted by Gasteiger charge is 2.08. The van der Waals surface area contributed by atoms with E-state index >= 15 is 0 Å². The molecule has 1 atom stereocenters. The molecule has 0 aromatic heterocycles. The molecule has 2 aromatic rings. The van der Waals surface area contributed by atoms with E-state index in [1.54, 1.807) is 25.1 Å². The minimum absolute atomic E-state index is 0.112. The van der Waals surface area contributed by atoms with E-state index in [0.29, 0.717) is 16.3 Å². The fraction of sp³-hybridized carbons (Fsp3) is 0.250. The average Bonchev–Trinajstić information content (AvgIpc) is 2.40. The third kappa shape index (κ3) is 3.50. The van der Waals surface area contributed by atoms with Gasteiger partial charge in [0.1, 0.15) is 18.2 Å². The molecule has 0 spiro atoms. The van der Waals surface area contributed by atoms with E-state index in [2.05, 4.69) is 0 Å². The van der Waals surface area contributed by atoms with Crippen LogP contribution in [0.2, 0.25) is 5.02 Å². The lowest BCUT2D eigenvalue weighted by Crippen LogP contribution is -2.01. The molecule has 2 rings (SSSR count). The Morgan fingerprint density at radius 1 is 1.25 bits per heavy atom. The topological polar surface area (TPSA) is 29.5 Å². The van der Waals surface area contributed by atoms with Gasteiger partial charge < -0.3 is 9.84 Å². The zero-order chi connectivity index (χ0) is 14.7. The van der Waals surface area contributed by atoms with Crippen molar-refractivity contribution < 1.29 is 14.2 Å². The van der Waals surface area contributed by atoms with Gasteiger partial charge in [-0.3, -0.25) is 0 Å². The van der Waals surface area contributed by atoms with Crippen LogP contribution in [0.1, 0.15) is 29.7 Å². The van der Waals surface area contributed by atoms with Crippen molar-refractivity contribution >= 4 is 11.6 Å². The Morgan fingerprint density at radius 3 is 2.65 bits per heavy atom. The smallest absolute Gasteiger partial charge is 0.129 e. The van der Waals surface area contributed by atoms with Gasteiger partial charge in [-0.25, -0.2) is 4.39 Å². The van der Waals surface area contributed by atoms with Crippen LogP contribution < -0.4 is 4.74 Å². The van der Waals surface area contributed by atoms with Crippen molar-refractivity contribution in [3.63, 3.8) is 0 Å². The molecule has 2 aromatic carbocycles. The summed E-state index contributed by atoms with van der Waals surface area (Å²) in [6, 6.07) is 9.80. The third-order valence-corrected chi connectivity index (χ3v) is 3.31. The number of hydrogen-bond donors (Lipinski definition) is 1. The van der Waals surface area contributed by atoms with E-state index in [0.717, 1.165) is 11.1 Å². The van der Waals surface area contributed by atoms with E-state index in [1.165, 1.54) is 12.1 Å². The van der Waals surface area contributed by atoms with Gasteiger partial charge >= 0.3 is 0 Å². The van der Waals surface area contributed by atoms with Gasteiger partial charge in [0.15, 0.2) is 0 Å². The molecule has 0 aliphatic carbocycles. The van der Waals surface area contributed by atoms with Gasteiger partial charge in [-0.05, 0) is 55.3 Å². The second-order valence-corrected chi connectivity index (χ2v) is 5.16. The fourth-order valence-corrected chi connectivity index (χ4v) is 2.10. The van der Waals surface area contributed by atoms with E-state index in [-0.39, 0.29) is 12.4 Å². The summed E-state index contributed by atoms with van der Waals surface area (Å²) in [7, 11) is 0. The van der Waals surface area contributed by atoms with Gasteiger partial charge in [0.05, 0.1) is 6.10 Å². The van der Waals surface area contributed by atoms with Crippen LogP contribution in [0, 0.1) is 12.7 Å². The van der Waals surface area contributed by atoms with Gasteiger partial charge in [0, 0.05) is 10.6 Å². The Kier molecular flexibility index (Phi) is 4.63. The number of hydrogen-bond acceptors (Lipinski definition) is 2. The zero-order valence-electron chi connectivity index (χ0n) is 11.4. The first-order valence-electron chi connectivity index (χ1n) is 6.32. The average molecular weight is 295 g/mol. The van der Waals surface area contributed by atoms with E-state index in [4.69, 9.17) is 16.3 Å². The second kappa shape index (κ2) is 6.25. The first-order chi connectivity index (χ1) is 9.47. The number of aryl methyl sites for hydroxylation is 1. The highest BCUT2D eigenvalue weighted by Crippen LogP contribution is 2.24. The van der Waals surface area contributed by atoms with Crippen molar-refractivity contribution in [1.82, 2.24) is 0 Å². The molecule has 0 aliphatic heterocycles. The molecule has 2 nitrogen and oxygen atoms in total. The van der Waals surface area contributed by atoms with Crippen LogP contribution in [-0.2, 0) is 6.61 Å². The van der Waals surface area contributed by atoms with Crippen molar-refractivity contribution in [2.75, 3.05) is 0 Å². The number of aliphatic hydroxyl groups excluding tert-OH is 1. The van der Waals surface area contributed by atoms with Crippen molar-refractivity contribution in [2.45, 2.75) is 26.6 Å². The van der Waals surface area contributed by atoms with Crippen LogP contribution in [-0.4, -0.2) is 5.11 Å². The molecule has 1 unspecified atom stereocenters. The summed E-state index contributed by atoms with van der Waals surface area (Å²) in [4.78, 5) is 0. The quantitative estimate of drug-likeness (QED) is 0.904. The SMILES string of the molecule is Cc1cc(C(C)O)ccc1OCc1cc(Cl)ccc1F. The van der Waals surface area contributed by atoms with Crippen molar-refractivity contribution in [1.29, 1.82) is 0 Å². The number of rotatable bonds is 4. The molecular formula is C16H16ClFO2. The maximum atomic E-state index is 13.6. The van der Waals surface area contributed by atoms with Crippen molar-refractivity contribution in [3.05, 3.63) is 63.9 Å². The Morgan fingerprint density at radius 2 is 2.00 bits per heavy atom. The minimum Gasteiger partial charge on any atom is -0.489 e. The summed E-state index contributed by atoms with van der Waals surface area (Å²) in [5.41, 5.74) is 2.13. The summed E-state index contributed by atoms with van der Waals surface area (Å²) in [6.07, 6.45) is -0.520. The molecule has 106 valence electrons. The molecule has 0 aliphatic rings. The Labute approximate surface area is 122 Å². The van der Waals surface area contributed by atoms with Crippen LogP contribution >= 0.6 is 11.6 Å². The molecule has 0 amide bonds. The normalized spacial score (nSPS) is 12.2. The van der Waals surface area contributed by atoms with E-state index in [9.17, 15) is 9.50 Å². The fourth-order valence-electron chi connectivity index (χ4n) is 1.90. The van der Waals surface area contributed by atoms with Gasteiger partial charge in [-0.1, -0.05) is 17.7 Å². The number of aliphatic hydroxyl groups is 1. The molecule has 0 saturated carbocycles. The van der Waals surface area contributed by atoms with Crippen LogP contribution in [0.15, 0.2) is 36.4 Å². The molecule has 0 fully saturated rings. The lowest BCUT2D eigenvalue weighted by Gasteiger charge is -2.12. The number of benzene rings is 2. The van der Waals surface area contributed by atoms with Gasteiger partial charge in [0.25, 0.3) is 0 Å². The number of halogens is 2. The molecule has 4 heteroatoms. The Hall–Kier alpha value is -1.58. The molecule has 0 radical (unpaired) electrons. The zero-order valence-corrected chi connectivity index (χ0v) is 12.1. The van der Waals surface area contributed by atoms with Crippen LogP contribution in [0.3, 0.4) is 0 Å². The third-order valence-electron chi connectivity index (χ3n) is 3.07. The first-order valence-corrected chi connectivity index (χ1v) is 6.70. The summed E-state index contributed by atoms with van der Waals surface area (Å²) >= 11 is 5.84. The van der Waals surface area contributed by atoms with Crippen LogP contribution in [0.25, 0.3) is 0 Å². The predicted octanol–water partition coefficient (Wildman–Crippen LogP) is 4.42. The molecule has 0 saturated heterocycles. The first kappa shape index (κ1) is 14.8. The van der Waals surface area contributed by atoms with Gasteiger partial charge in [-0.2, -0.15) is 0 Å². The van der Waals surface area contributed by atoms with Crippen LogP contribution in [0.5, 0.6) is 5.75 Å². The molecule has 0 bridgehead atoms. The summed E-state index contributed by atoms with van der Waals surface area (Å²) in [5.74, 6) is 0.321. The standard InChI is InChI=1S/C16H16ClFO2/c1-10-7-12(11(2)19)3-6-16(10)20-9-13-8-14(17)4-5-15(13)18/h3-8,11,19H,9H2,1-2H3. The largest absolute Gasteiger partial charge is 0.489 e. The molecule has 0 heterocycles. The van der Waals surface area contributed by atoms with Gasteiger partial charge in [-0.15, -0.1) is 0 Å². The van der Waals surface area contributed by atoms with E-state index < -0.39 is 6.10 Å². The maximum Gasteiger partial charge on any atom is 0.129 e. The second-order valence-electron chi connectivity index (χ2n) is 4.73. The maximum absolute atomic E-state index is 13.6. The monoisotopic (exact) mass is 294 g/mol. The minimum atomic E-state index is -0.520. The molecule has 1 N–H and O–H groups in total. The lowest BCUT2D eigenvalue weighted by atomic mass is 10.1. The molecule has 20 heavy (non-hydrogen) atoms. The highest BCUT2D eigenvalue weighted by molar-refractivity contribution is 6.30. The summed E-state index contributed by atoms with van der Waals surface area (Å²) < 4.78 is 19.2. The highest BCUT2D eigenvalue weighted by atomic mass is 35.5. The summed E-state index contributed by atoms with van der Waals surface area (Å²) in [5, 5.41) is 9.99. The van der Waals surface area contributed by atoms with Gasteiger partial charge in [0.2, 0.25) is 0 Å². The lowest BCUT2D eigenvalue weighted by molar-refractivity contribution is 0.199. The summed E-state index contributed by atoms with van der Waals surface area (Å²) in [6.45, 7) is 3.70. The Bertz CT molecular complexity index is 611. The molecular weight excluding hydrogens is 279 g/mol. The van der Waals surface area contributed by atoms with Crippen molar-refractivity contribution in [3.8, 4) is 5.75 Å². The Balaban J connectivity index is 2.13. The van der Waals surface area contributed by atoms with Crippen molar-refractivity contribution in [2.24, 2.45) is 0 Å². The van der Waals surface area contributed by atoms with E-state index in [1.807, 2.05) is 13.0 Å².